The van der Waals surface area contributed by atoms with E-state index in [1.54, 1.807) is 0 Å². The first-order chi connectivity index (χ1) is 9.64. The van der Waals surface area contributed by atoms with E-state index >= 15 is 0 Å². The summed E-state index contributed by atoms with van der Waals surface area (Å²) in [6.45, 7) is 4.53. The number of hydrogen-bond donors (Lipinski definition) is 1. The molecule has 4 aliphatic carbocycles. The van der Waals surface area contributed by atoms with E-state index in [4.69, 9.17) is 4.74 Å². The van der Waals surface area contributed by atoms with Crippen LogP contribution < -0.4 is 5.32 Å². The van der Waals surface area contributed by atoms with Gasteiger partial charge in [-0.2, -0.15) is 0 Å². The summed E-state index contributed by atoms with van der Waals surface area (Å²) in [6, 6.07) is -0.0869. The number of hydrogen-bond acceptors (Lipinski definition) is 3. The van der Waals surface area contributed by atoms with Gasteiger partial charge in [0, 0.05) is 5.54 Å². The fraction of sp³-hybridized carbons (Fsp3) is 0.941. The molecule has 0 radical (unpaired) electrons. The molecule has 0 aliphatic heterocycles. The molecule has 0 aromatic carbocycles. The van der Waals surface area contributed by atoms with Crippen LogP contribution in [-0.2, 0) is 9.53 Å². The van der Waals surface area contributed by atoms with Crippen molar-refractivity contribution in [3.05, 3.63) is 0 Å². The maximum Gasteiger partial charge on any atom is 0.323 e. The molecule has 4 aliphatic rings. The maximum absolute atomic E-state index is 12.2. The highest BCUT2D eigenvalue weighted by Gasteiger charge is 2.51. The smallest absolute Gasteiger partial charge is 0.323 e. The predicted octanol–water partition coefficient (Wildman–Crippen LogP) is 3.28. The third kappa shape index (κ3) is 2.74. The molecular formula is C17H29NO2. The second kappa shape index (κ2) is 5.67. The number of ether oxygens (including phenoxy) is 1. The van der Waals surface area contributed by atoms with Crippen LogP contribution in [0.2, 0.25) is 0 Å². The van der Waals surface area contributed by atoms with Gasteiger partial charge >= 0.3 is 5.97 Å². The zero-order valence-electron chi connectivity index (χ0n) is 13.0. The lowest BCUT2D eigenvalue weighted by atomic mass is 9.53. The normalized spacial score (nSPS) is 39.8. The zero-order chi connectivity index (χ0) is 14.2. The Morgan fingerprint density at radius 2 is 1.70 bits per heavy atom. The van der Waals surface area contributed by atoms with Crippen molar-refractivity contribution in [3.63, 3.8) is 0 Å². The van der Waals surface area contributed by atoms with Crippen molar-refractivity contribution in [2.24, 2.45) is 17.8 Å². The average molecular weight is 279 g/mol. The van der Waals surface area contributed by atoms with E-state index in [0.717, 1.165) is 30.6 Å². The van der Waals surface area contributed by atoms with E-state index in [-0.39, 0.29) is 17.6 Å². The SMILES string of the molecule is CCCC(NC12CC3CC(CC(C3)C1)C2)C(=O)OCC. The lowest BCUT2D eigenvalue weighted by molar-refractivity contribution is -0.147. The van der Waals surface area contributed by atoms with E-state index < -0.39 is 0 Å². The van der Waals surface area contributed by atoms with Crippen molar-refractivity contribution in [2.75, 3.05) is 6.61 Å². The van der Waals surface area contributed by atoms with Crippen LogP contribution in [0.5, 0.6) is 0 Å². The number of carbonyl (C=O) groups is 1. The summed E-state index contributed by atoms with van der Waals surface area (Å²) in [6.07, 6.45) is 10.1. The standard InChI is InChI=1S/C17H29NO2/c1-3-5-15(16(19)20-4-2)18-17-9-12-6-13(10-17)8-14(7-12)11-17/h12-15,18H,3-11H2,1-2H3. The van der Waals surface area contributed by atoms with Gasteiger partial charge in [-0.25, -0.2) is 0 Å². The fourth-order valence-corrected chi connectivity index (χ4v) is 5.44. The van der Waals surface area contributed by atoms with E-state index in [2.05, 4.69) is 12.2 Å². The summed E-state index contributed by atoms with van der Waals surface area (Å²) in [4.78, 5) is 12.2. The molecular weight excluding hydrogens is 250 g/mol. The molecule has 1 N–H and O–H groups in total. The Labute approximate surface area is 122 Å². The van der Waals surface area contributed by atoms with Gasteiger partial charge in [-0.1, -0.05) is 13.3 Å². The molecule has 1 atom stereocenters. The van der Waals surface area contributed by atoms with Gasteiger partial charge < -0.3 is 4.74 Å². The Kier molecular flexibility index (Phi) is 4.07. The van der Waals surface area contributed by atoms with E-state index in [1.807, 2.05) is 6.92 Å². The Morgan fingerprint density at radius 3 is 2.15 bits per heavy atom. The molecule has 1 unspecified atom stereocenters. The molecule has 4 bridgehead atoms. The first kappa shape index (κ1) is 14.4. The summed E-state index contributed by atoms with van der Waals surface area (Å²) in [5, 5.41) is 3.77. The van der Waals surface area contributed by atoms with Crippen molar-refractivity contribution in [1.29, 1.82) is 0 Å². The lowest BCUT2D eigenvalue weighted by Gasteiger charge is -2.57. The third-order valence-corrected chi connectivity index (χ3v) is 5.67. The van der Waals surface area contributed by atoms with Crippen LogP contribution in [0.15, 0.2) is 0 Å². The van der Waals surface area contributed by atoms with Crippen molar-refractivity contribution in [3.8, 4) is 0 Å². The van der Waals surface area contributed by atoms with E-state index in [0.29, 0.717) is 6.61 Å². The van der Waals surface area contributed by atoms with Gasteiger partial charge in [-0.3, -0.25) is 10.1 Å². The predicted molar refractivity (Wildman–Crippen MR) is 79.4 cm³/mol. The Balaban J connectivity index is 1.69. The van der Waals surface area contributed by atoms with Gasteiger partial charge in [0.05, 0.1) is 6.61 Å². The molecule has 114 valence electrons. The number of rotatable bonds is 6. The van der Waals surface area contributed by atoms with Crippen molar-refractivity contribution in [1.82, 2.24) is 5.32 Å². The highest BCUT2D eigenvalue weighted by atomic mass is 16.5. The van der Waals surface area contributed by atoms with Gasteiger partial charge in [0.15, 0.2) is 0 Å². The summed E-state index contributed by atoms with van der Waals surface area (Å²) in [7, 11) is 0. The molecule has 0 saturated heterocycles. The molecule has 4 fully saturated rings. The number of carbonyl (C=O) groups excluding carboxylic acids is 1. The highest BCUT2D eigenvalue weighted by Crippen LogP contribution is 2.55. The fourth-order valence-electron chi connectivity index (χ4n) is 5.44. The topological polar surface area (TPSA) is 38.3 Å². The van der Waals surface area contributed by atoms with Crippen molar-refractivity contribution < 1.29 is 9.53 Å². The minimum atomic E-state index is -0.0869. The summed E-state index contributed by atoms with van der Waals surface area (Å²) >= 11 is 0. The van der Waals surface area contributed by atoms with Gasteiger partial charge in [0.2, 0.25) is 0 Å². The maximum atomic E-state index is 12.2. The molecule has 3 heteroatoms. The second-order valence-electron chi connectivity index (χ2n) is 7.44. The molecule has 4 rings (SSSR count). The van der Waals surface area contributed by atoms with Crippen LogP contribution in [0.25, 0.3) is 0 Å². The van der Waals surface area contributed by atoms with Crippen LogP contribution >= 0.6 is 0 Å². The van der Waals surface area contributed by atoms with Gasteiger partial charge in [0.25, 0.3) is 0 Å². The van der Waals surface area contributed by atoms with Crippen LogP contribution in [0, 0.1) is 17.8 Å². The number of nitrogens with one attached hydrogen (secondary N) is 1. The summed E-state index contributed by atoms with van der Waals surface area (Å²) in [5.41, 5.74) is 0.251. The number of esters is 1. The third-order valence-electron chi connectivity index (χ3n) is 5.67. The van der Waals surface area contributed by atoms with Crippen LogP contribution in [0.4, 0.5) is 0 Å². The Bertz CT molecular complexity index is 331. The minimum absolute atomic E-state index is 0.0369. The molecule has 0 amide bonds. The highest BCUT2D eigenvalue weighted by molar-refractivity contribution is 5.75. The quantitative estimate of drug-likeness (QED) is 0.758. The first-order valence-corrected chi connectivity index (χ1v) is 8.58. The van der Waals surface area contributed by atoms with Gasteiger partial charge in [0.1, 0.15) is 6.04 Å². The Morgan fingerprint density at radius 1 is 1.15 bits per heavy atom. The molecule has 20 heavy (non-hydrogen) atoms. The zero-order valence-corrected chi connectivity index (χ0v) is 13.0. The first-order valence-electron chi connectivity index (χ1n) is 8.58. The van der Waals surface area contributed by atoms with Crippen molar-refractivity contribution in [2.45, 2.75) is 76.8 Å². The van der Waals surface area contributed by atoms with Crippen LogP contribution in [-0.4, -0.2) is 24.2 Å². The Hall–Kier alpha value is -0.570. The monoisotopic (exact) mass is 279 g/mol. The molecule has 3 nitrogen and oxygen atoms in total. The summed E-state index contributed by atoms with van der Waals surface area (Å²) < 4.78 is 5.27. The molecule has 0 aromatic heterocycles. The lowest BCUT2D eigenvalue weighted by Crippen LogP contribution is -2.62. The molecule has 4 saturated carbocycles. The van der Waals surface area contributed by atoms with E-state index in [1.165, 1.54) is 38.5 Å². The van der Waals surface area contributed by atoms with Crippen LogP contribution in [0.1, 0.15) is 65.2 Å². The molecule has 0 spiro atoms. The molecule has 0 aromatic rings. The average Bonchev–Trinajstić information content (AvgIpc) is 2.36. The largest absolute Gasteiger partial charge is 0.465 e. The van der Waals surface area contributed by atoms with Crippen molar-refractivity contribution >= 4 is 5.97 Å². The van der Waals surface area contributed by atoms with E-state index in [9.17, 15) is 4.79 Å². The van der Waals surface area contributed by atoms with Crippen LogP contribution in [0.3, 0.4) is 0 Å². The minimum Gasteiger partial charge on any atom is -0.465 e. The van der Waals surface area contributed by atoms with Gasteiger partial charge in [-0.05, 0) is 69.6 Å². The van der Waals surface area contributed by atoms with Gasteiger partial charge in [-0.15, -0.1) is 0 Å². The second-order valence-corrected chi connectivity index (χ2v) is 7.44. The summed E-state index contributed by atoms with van der Waals surface area (Å²) in [5.74, 6) is 2.71. The molecule has 0 heterocycles.